The molecule has 0 aliphatic rings. The van der Waals surface area contributed by atoms with Crippen LogP contribution < -0.4 is 14.2 Å². The van der Waals surface area contributed by atoms with Gasteiger partial charge in [-0.05, 0) is 98.5 Å². The van der Waals surface area contributed by atoms with E-state index < -0.39 is 37.2 Å². The number of aliphatic hydroxyl groups is 2. The molecule has 0 amide bonds. The average Bonchev–Trinajstić information content (AvgIpc) is 0.966. The van der Waals surface area contributed by atoms with Gasteiger partial charge in [-0.1, -0.05) is 293 Å². The molecule has 2 unspecified atom stereocenters. The fourth-order valence-electron chi connectivity index (χ4n) is 11.9. The van der Waals surface area contributed by atoms with Crippen molar-refractivity contribution < 1.29 is 34.0 Å². The maximum Gasteiger partial charge on any atom is 0.397 e. The van der Waals surface area contributed by atoms with Crippen molar-refractivity contribution in [3.8, 4) is 49.0 Å². The molecule has 0 aliphatic heterocycles. The lowest BCUT2D eigenvalue weighted by atomic mass is 10.0. The third kappa shape index (κ3) is 30.4. The Kier molecular flexibility index (Phi) is 39.8. The molecule has 6 rings (SSSR count). The van der Waals surface area contributed by atoms with Crippen LogP contribution in [0.4, 0.5) is 0 Å². The molecule has 6 aromatic rings. The Bertz CT molecular complexity index is 2690. The van der Waals surface area contributed by atoms with Gasteiger partial charge in [0, 0.05) is 36.0 Å². The van der Waals surface area contributed by atoms with E-state index in [1.165, 1.54) is 231 Å². The molecule has 3 aromatic heterocycles. The van der Waals surface area contributed by atoms with Crippen molar-refractivity contribution in [2.45, 2.75) is 322 Å². The van der Waals surface area contributed by atoms with Gasteiger partial charge in [0.1, 0.15) is 60.0 Å². The van der Waals surface area contributed by atoms with Crippen molar-refractivity contribution in [2.75, 3.05) is 13.2 Å². The van der Waals surface area contributed by atoms with Crippen molar-refractivity contribution in [1.29, 1.82) is 0 Å². The van der Waals surface area contributed by atoms with E-state index in [2.05, 4.69) is 51.4 Å². The molecule has 0 radical (unpaired) electrons. The van der Waals surface area contributed by atoms with E-state index in [-0.39, 0.29) is 6.42 Å². The van der Waals surface area contributed by atoms with E-state index in [1.54, 1.807) is 58.3 Å². The van der Waals surface area contributed by atoms with E-state index in [0.717, 1.165) is 85.3 Å². The number of carbonyl (C=O) groups excluding carboxylic acids is 1. The van der Waals surface area contributed by atoms with Gasteiger partial charge in [0.15, 0.2) is 6.10 Å². The number of aromatic nitrogens is 6. The monoisotopic (exact) mass is 1330 g/mol. The van der Waals surface area contributed by atoms with Crippen LogP contribution in [0.1, 0.15) is 300 Å². The number of aryl methyl sites for hydroxylation is 3. The lowest BCUT2D eigenvalue weighted by Gasteiger charge is -2.37. The summed E-state index contributed by atoms with van der Waals surface area (Å²) in [4.78, 5) is 15.0. The van der Waals surface area contributed by atoms with Crippen LogP contribution in [-0.4, -0.2) is 78.0 Å². The van der Waals surface area contributed by atoms with Crippen molar-refractivity contribution in [3.05, 3.63) is 87.8 Å². The number of hydrogen-bond acceptors (Lipinski definition) is 16. The Balaban J connectivity index is 1.11. The molecule has 3 heterocycles. The molecule has 0 bridgehead atoms. The molecular weight excluding hydrogens is 1220 g/mol. The Morgan fingerprint density at radius 2 is 0.656 bits per heavy atom. The highest BCUT2D eigenvalue weighted by molar-refractivity contribution is 7.15. The molecule has 3 aromatic carbocycles. The van der Waals surface area contributed by atoms with Gasteiger partial charge in [-0.25, -0.2) is 4.79 Å². The second-order valence-corrected chi connectivity index (χ2v) is 29.1. The van der Waals surface area contributed by atoms with Gasteiger partial charge in [-0.2, -0.15) is 0 Å². The number of hydrogen-bond donors (Lipinski definition) is 2. The summed E-state index contributed by atoms with van der Waals surface area (Å²) in [7, 11) is 0. The van der Waals surface area contributed by atoms with E-state index in [9.17, 15) is 15.0 Å². The molecule has 0 fully saturated rings. The fraction of sp³-hybridized carbons (Fsp3) is 0.675. The highest BCUT2D eigenvalue weighted by Gasteiger charge is 2.55. The summed E-state index contributed by atoms with van der Waals surface area (Å²) in [6.07, 6.45) is 51.8. The molecule has 13 nitrogen and oxygen atoms in total. The number of rotatable bonds is 57. The largest absolute Gasteiger partial charge is 0.482 e. The van der Waals surface area contributed by atoms with Crippen LogP contribution in [0.25, 0.3) is 31.7 Å². The molecule has 0 aliphatic carbocycles. The molecule has 0 spiro atoms. The lowest BCUT2D eigenvalue weighted by Crippen LogP contribution is -2.61. The average molecular weight is 1340 g/mol. The summed E-state index contributed by atoms with van der Waals surface area (Å²) < 4.78 is 26.3. The van der Waals surface area contributed by atoms with Gasteiger partial charge in [0.05, 0.1) is 6.61 Å². The van der Waals surface area contributed by atoms with E-state index in [0.29, 0.717) is 17.2 Å². The van der Waals surface area contributed by atoms with E-state index in [1.807, 2.05) is 55.5 Å². The highest BCUT2D eigenvalue weighted by atomic mass is 32.1. The molecular formula is C77H118N6O7S3. The Hall–Kier alpha value is -4.87. The summed E-state index contributed by atoms with van der Waals surface area (Å²) in [5.74, 6) is -2.15. The van der Waals surface area contributed by atoms with E-state index in [4.69, 9.17) is 18.9 Å². The molecule has 93 heavy (non-hydrogen) atoms. The van der Waals surface area contributed by atoms with Crippen molar-refractivity contribution in [1.82, 2.24) is 30.6 Å². The Morgan fingerprint density at radius 3 is 0.925 bits per heavy atom. The van der Waals surface area contributed by atoms with Crippen LogP contribution in [-0.2, 0) is 28.8 Å². The fourth-order valence-corrected chi connectivity index (χ4v) is 14.6. The van der Waals surface area contributed by atoms with Crippen molar-refractivity contribution >= 4 is 40.0 Å². The topological polar surface area (TPSA) is 172 Å². The maximum absolute atomic E-state index is 15.0. The van der Waals surface area contributed by atoms with Gasteiger partial charge >= 0.3 is 11.8 Å². The second kappa shape index (κ2) is 47.9. The maximum atomic E-state index is 15.0. The van der Waals surface area contributed by atoms with Crippen LogP contribution >= 0.6 is 34.0 Å². The standard InChI is InChI=1S/C77H118N6O7S3/c1-5-9-12-15-18-21-24-27-30-33-36-39-42-45-70-78-81-73(91-70)62-48-54-66(55-49-62)88-69(8-4)77(76(86)87-61-65(85)60-84,89-67-56-50-63(51-57-67)74-82-79-71(92-74)46-43-40-37-34-31-28-25-22-19-16-13-10-6-2)90-68-58-52-64(53-59-68)75-83-80-72(93-75)47-44-41-38-35-32-29-26-23-20-17-14-11-7-3/h48-59,65,69,84-85H,5-47,60-61H2,1-4H3. The van der Waals surface area contributed by atoms with E-state index >= 15 is 0 Å². The summed E-state index contributed by atoms with van der Waals surface area (Å²) in [5.41, 5.74) is 2.63. The zero-order valence-corrected chi connectivity index (χ0v) is 60.2. The number of ether oxygens (including phenoxy) is 4. The predicted octanol–water partition coefficient (Wildman–Crippen LogP) is 22.1. The first kappa shape index (κ1) is 77.1. The number of aliphatic hydroxyl groups excluding tert-OH is 2. The van der Waals surface area contributed by atoms with Crippen molar-refractivity contribution in [2.24, 2.45) is 0 Å². The van der Waals surface area contributed by atoms with Crippen LogP contribution in [0.2, 0.25) is 0 Å². The Morgan fingerprint density at radius 1 is 0.387 bits per heavy atom. The molecule has 2 atom stereocenters. The minimum atomic E-state index is -2.28. The smallest absolute Gasteiger partial charge is 0.397 e. The van der Waals surface area contributed by atoms with Crippen LogP contribution in [0, 0.1) is 0 Å². The first-order chi connectivity index (χ1) is 45.8. The minimum Gasteiger partial charge on any atom is -0.482 e. The first-order valence-electron chi connectivity index (χ1n) is 37.1. The van der Waals surface area contributed by atoms with Gasteiger partial charge in [-0.3, -0.25) is 0 Å². The summed E-state index contributed by atoms with van der Waals surface area (Å²) in [5, 5.41) is 53.2. The van der Waals surface area contributed by atoms with Gasteiger partial charge < -0.3 is 29.2 Å². The zero-order valence-electron chi connectivity index (χ0n) is 57.7. The van der Waals surface area contributed by atoms with Crippen LogP contribution in [0.3, 0.4) is 0 Å². The lowest BCUT2D eigenvalue weighted by molar-refractivity contribution is -0.217. The number of benzene rings is 3. The molecule has 0 saturated heterocycles. The third-order valence-electron chi connectivity index (χ3n) is 17.7. The highest BCUT2D eigenvalue weighted by Crippen LogP contribution is 2.36. The molecule has 0 saturated carbocycles. The van der Waals surface area contributed by atoms with Crippen LogP contribution in [0.15, 0.2) is 72.8 Å². The van der Waals surface area contributed by atoms with Gasteiger partial charge in [-0.15, -0.1) is 30.6 Å². The number of carbonyl (C=O) groups is 1. The summed E-state index contributed by atoms with van der Waals surface area (Å²) in [6, 6.07) is 22.3. The number of esters is 1. The third-order valence-corrected chi connectivity index (χ3v) is 20.8. The SMILES string of the molecule is CCCCCCCCCCCCCCCc1nnc(-c2ccc(OC(CC)C(Oc3ccc(-c4nnc(CCCCCCCCCCCCCCC)s4)cc3)(Oc3ccc(-c4nnc(CCCCCCCCCCCCCCC)s4)cc3)C(=O)OCC(O)CO)cc2)s1. The van der Waals surface area contributed by atoms with Crippen molar-refractivity contribution in [3.63, 3.8) is 0 Å². The van der Waals surface area contributed by atoms with Gasteiger partial charge in [0.2, 0.25) is 0 Å². The summed E-state index contributed by atoms with van der Waals surface area (Å²) >= 11 is 4.81. The quantitative estimate of drug-likeness (QED) is 0.0210. The van der Waals surface area contributed by atoms with Crippen LogP contribution in [0.5, 0.6) is 17.2 Å². The summed E-state index contributed by atoms with van der Waals surface area (Å²) in [6.45, 7) is 7.60. The number of nitrogens with zero attached hydrogens (tertiary/aromatic N) is 6. The predicted molar refractivity (Wildman–Crippen MR) is 387 cm³/mol. The molecule has 2 N–H and O–H groups in total. The molecule has 516 valence electrons. The Labute approximate surface area is 572 Å². The first-order valence-corrected chi connectivity index (χ1v) is 39.5. The molecule has 16 heteroatoms. The minimum absolute atomic E-state index is 0.230. The zero-order chi connectivity index (χ0) is 65.7. The normalized spacial score (nSPS) is 12.4. The number of unbranched alkanes of at least 4 members (excludes halogenated alkanes) is 36. The van der Waals surface area contributed by atoms with Gasteiger partial charge in [0.25, 0.3) is 0 Å². The second-order valence-electron chi connectivity index (χ2n) is 25.9.